The van der Waals surface area contributed by atoms with Crippen LogP contribution in [0.25, 0.3) is 11.0 Å². The van der Waals surface area contributed by atoms with Crippen LogP contribution in [0.3, 0.4) is 0 Å². The molecular weight excluding hydrogens is 232 g/mol. The Bertz CT molecular complexity index is 560. The molecule has 0 amide bonds. The fraction of sp³-hybridized carbons (Fsp3) is 0.500. The van der Waals surface area contributed by atoms with Crippen LogP contribution in [0.15, 0.2) is 6.20 Å². The second-order valence-corrected chi connectivity index (χ2v) is 4.34. The Morgan fingerprint density at radius 2 is 2.33 bits per heavy atom. The van der Waals surface area contributed by atoms with E-state index in [0.717, 1.165) is 35.4 Å². The molecule has 6 heteroatoms. The molecule has 1 saturated heterocycles. The first kappa shape index (κ1) is 11.4. The summed E-state index contributed by atoms with van der Waals surface area (Å²) in [6.07, 6.45) is 1.97. The molecule has 0 spiro atoms. The first-order chi connectivity index (χ1) is 8.79. The number of hydrogen-bond acceptors (Lipinski definition) is 5. The third kappa shape index (κ3) is 1.83. The second kappa shape index (κ2) is 4.55. The number of hydrogen-bond donors (Lipinski definition) is 2. The van der Waals surface area contributed by atoms with Crippen molar-refractivity contribution in [2.24, 2.45) is 0 Å². The summed E-state index contributed by atoms with van der Waals surface area (Å²) in [5, 5.41) is 3.42. The summed E-state index contributed by atoms with van der Waals surface area (Å²) in [6, 6.07) is 0.573. The highest BCUT2D eigenvalue weighted by molar-refractivity contribution is 5.81. The molecule has 2 N–H and O–H groups in total. The molecule has 0 radical (unpaired) electrons. The van der Waals surface area contributed by atoms with Crippen LogP contribution in [0.5, 0.6) is 6.01 Å². The Balaban J connectivity index is 2.09. The van der Waals surface area contributed by atoms with E-state index in [1.54, 1.807) is 7.11 Å². The highest BCUT2D eigenvalue weighted by Crippen LogP contribution is 2.26. The summed E-state index contributed by atoms with van der Waals surface area (Å²) in [5.74, 6) is 0. The van der Waals surface area contributed by atoms with Crippen molar-refractivity contribution < 1.29 is 9.47 Å². The molecule has 3 heterocycles. The van der Waals surface area contributed by atoms with E-state index < -0.39 is 0 Å². The Hall–Kier alpha value is -1.66. The molecule has 1 aliphatic heterocycles. The molecule has 0 aliphatic carbocycles. The van der Waals surface area contributed by atoms with Gasteiger partial charge in [-0.2, -0.15) is 9.97 Å². The number of ether oxygens (including phenoxy) is 2. The van der Waals surface area contributed by atoms with Crippen LogP contribution < -0.4 is 10.1 Å². The predicted molar refractivity (Wildman–Crippen MR) is 66.7 cm³/mol. The van der Waals surface area contributed by atoms with Crippen LogP contribution in [0, 0.1) is 6.92 Å². The summed E-state index contributed by atoms with van der Waals surface area (Å²) in [5.41, 5.74) is 3.86. The number of rotatable bonds is 2. The maximum absolute atomic E-state index is 5.49. The van der Waals surface area contributed by atoms with Gasteiger partial charge in [0.05, 0.1) is 37.6 Å². The van der Waals surface area contributed by atoms with Crippen molar-refractivity contribution in [1.29, 1.82) is 0 Å². The molecule has 18 heavy (non-hydrogen) atoms. The molecule has 3 rings (SSSR count). The van der Waals surface area contributed by atoms with Gasteiger partial charge in [0.2, 0.25) is 0 Å². The lowest BCUT2D eigenvalue weighted by Gasteiger charge is -2.23. The average Bonchev–Trinajstić information content (AvgIpc) is 2.84. The zero-order valence-electron chi connectivity index (χ0n) is 10.5. The van der Waals surface area contributed by atoms with Gasteiger partial charge in [0.15, 0.2) is 0 Å². The van der Waals surface area contributed by atoms with Gasteiger partial charge in [0.1, 0.15) is 5.52 Å². The van der Waals surface area contributed by atoms with Crippen molar-refractivity contribution in [1.82, 2.24) is 20.3 Å². The van der Waals surface area contributed by atoms with Gasteiger partial charge in [0, 0.05) is 18.3 Å². The molecule has 2 aromatic heterocycles. The number of aromatic nitrogens is 3. The van der Waals surface area contributed by atoms with Crippen LogP contribution in [0.1, 0.15) is 17.3 Å². The van der Waals surface area contributed by atoms with Gasteiger partial charge in [-0.1, -0.05) is 0 Å². The minimum Gasteiger partial charge on any atom is -0.467 e. The van der Waals surface area contributed by atoms with Gasteiger partial charge < -0.3 is 19.8 Å². The van der Waals surface area contributed by atoms with Crippen molar-refractivity contribution in [3.63, 3.8) is 0 Å². The quantitative estimate of drug-likeness (QED) is 0.827. The van der Waals surface area contributed by atoms with Gasteiger partial charge in [-0.05, 0) is 6.92 Å². The van der Waals surface area contributed by atoms with Crippen molar-refractivity contribution in [3.05, 3.63) is 17.5 Å². The third-order valence-corrected chi connectivity index (χ3v) is 3.19. The van der Waals surface area contributed by atoms with Crippen LogP contribution in [0.4, 0.5) is 0 Å². The van der Waals surface area contributed by atoms with Crippen LogP contribution in [-0.2, 0) is 4.74 Å². The largest absolute Gasteiger partial charge is 0.467 e. The van der Waals surface area contributed by atoms with Crippen molar-refractivity contribution in [2.75, 3.05) is 26.9 Å². The van der Waals surface area contributed by atoms with Gasteiger partial charge in [-0.15, -0.1) is 0 Å². The lowest BCUT2D eigenvalue weighted by Crippen LogP contribution is -2.34. The normalized spacial score (nSPS) is 20.2. The zero-order valence-corrected chi connectivity index (χ0v) is 10.5. The van der Waals surface area contributed by atoms with Gasteiger partial charge in [-0.25, -0.2) is 0 Å². The molecule has 2 aromatic rings. The summed E-state index contributed by atoms with van der Waals surface area (Å²) < 4.78 is 10.6. The maximum atomic E-state index is 5.49. The van der Waals surface area contributed by atoms with Crippen LogP contribution in [-0.4, -0.2) is 41.8 Å². The van der Waals surface area contributed by atoms with Crippen LogP contribution >= 0.6 is 0 Å². The highest BCUT2D eigenvalue weighted by atomic mass is 16.5. The molecule has 0 saturated carbocycles. The molecule has 6 nitrogen and oxygen atoms in total. The van der Waals surface area contributed by atoms with Gasteiger partial charge in [-0.3, -0.25) is 0 Å². The van der Waals surface area contributed by atoms with Gasteiger partial charge >= 0.3 is 6.01 Å². The van der Waals surface area contributed by atoms with E-state index in [-0.39, 0.29) is 6.04 Å². The first-order valence-corrected chi connectivity index (χ1v) is 6.00. The van der Waals surface area contributed by atoms with Crippen molar-refractivity contribution in [3.8, 4) is 6.01 Å². The molecule has 1 aliphatic rings. The fourth-order valence-electron chi connectivity index (χ4n) is 2.27. The number of H-pyrrole nitrogens is 1. The fourth-order valence-corrected chi connectivity index (χ4v) is 2.27. The van der Waals surface area contributed by atoms with Crippen molar-refractivity contribution >= 4 is 11.0 Å². The average molecular weight is 248 g/mol. The minimum absolute atomic E-state index is 0.173. The number of nitrogens with zero attached hydrogens (tertiary/aromatic N) is 2. The topological polar surface area (TPSA) is 72.1 Å². The van der Waals surface area contributed by atoms with E-state index in [9.17, 15) is 0 Å². The number of morpholine rings is 1. The van der Waals surface area contributed by atoms with Crippen LogP contribution in [0.2, 0.25) is 0 Å². The molecule has 96 valence electrons. The molecule has 1 fully saturated rings. The van der Waals surface area contributed by atoms with E-state index in [0.29, 0.717) is 12.6 Å². The standard InChI is InChI=1S/C12H16N4O2/c1-7-10-11(16-12(15-7)17-2)8(5-14-10)9-6-18-4-3-13-9/h5,9,13-14H,3-4,6H2,1-2H3. The molecule has 0 aromatic carbocycles. The number of nitrogens with one attached hydrogen (secondary N) is 2. The van der Waals surface area contributed by atoms with E-state index in [1.807, 2.05) is 13.1 Å². The number of aromatic amines is 1. The van der Waals surface area contributed by atoms with E-state index in [4.69, 9.17) is 9.47 Å². The van der Waals surface area contributed by atoms with Crippen molar-refractivity contribution in [2.45, 2.75) is 13.0 Å². The zero-order chi connectivity index (χ0) is 12.5. The maximum Gasteiger partial charge on any atom is 0.317 e. The lowest BCUT2D eigenvalue weighted by atomic mass is 10.1. The summed E-state index contributed by atoms with van der Waals surface area (Å²) in [7, 11) is 1.58. The lowest BCUT2D eigenvalue weighted by molar-refractivity contribution is 0.0772. The Morgan fingerprint density at radius 3 is 3.06 bits per heavy atom. The second-order valence-electron chi connectivity index (χ2n) is 4.34. The SMILES string of the molecule is COc1nc(C)c2[nH]cc(C3COCCN3)c2n1. The minimum atomic E-state index is 0.173. The summed E-state index contributed by atoms with van der Waals surface area (Å²) >= 11 is 0. The van der Waals surface area contributed by atoms with Gasteiger partial charge in [0.25, 0.3) is 0 Å². The highest BCUT2D eigenvalue weighted by Gasteiger charge is 2.21. The first-order valence-electron chi connectivity index (χ1n) is 6.00. The monoisotopic (exact) mass is 248 g/mol. The number of fused-ring (bicyclic) bond motifs is 1. The Kier molecular flexibility index (Phi) is 2.89. The summed E-state index contributed by atoms with van der Waals surface area (Å²) in [6.45, 7) is 4.23. The summed E-state index contributed by atoms with van der Waals surface area (Å²) in [4.78, 5) is 11.9. The smallest absolute Gasteiger partial charge is 0.317 e. The third-order valence-electron chi connectivity index (χ3n) is 3.19. The Morgan fingerprint density at radius 1 is 1.44 bits per heavy atom. The number of aryl methyl sites for hydroxylation is 1. The molecule has 0 bridgehead atoms. The van der Waals surface area contributed by atoms with E-state index >= 15 is 0 Å². The Labute approximate surface area is 105 Å². The molecule has 1 unspecified atom stereocenters. The molecule has 1 atom stereocenters. The predicted octanol–water partition coefficient (Wildman–Crippen LogP) is 0.936. The van der Waals surface area contributed by atoms with E-state index in [2.05, 4.69) is 20.3 Å². The van der Waals surface area contributed by atoms with E-state index in [1.165, 1.54) is 0 Å². The number of methoxy groups -OCH3 is 1. The molecular formula is C12H16N4O2.